The Labute approximate surface area is 92.4 Å². The van der Waals surface area contributed by atoms with Gasteiger partial charge in [0.1, 0.15) is 5.69 Å². The third-order valence-electron chi connectivity index (χ3n) is 2.15. The van der Waals surface area contributed by atoms with Crippen LogP contribution in [0.1, 0.15) is 23.7 Å². The van der Waals surface area contributed by atoms with Gasteiger partial charge in [-0.25, -0.2) is 0 Å². The Morgan fingerprint density at radius 2 is 1.65 bits per heavy atom. The minimum absolute atomic E-state index is 0.108. The molecule has 0 unspecified atom stereocenters. The van der Waals surface area contributed by atoms with Crippen LogP contribution in [0, 0.1) is 0 Å². The number of nitrogens with zero attached hydrogens (tertiary/aromatic N) is 1. The van der Waals surface area contributed by atoms with Gasteiger partial charge in [-0.15, -0.1) is 0 Å². The van der Waals surface area contributed by atoms with Crippen LogP contribution in [-0.2, 0) is 18.8 Å². The van der Waals surface area contributed by atoms with E-state index in [2.05, 4.69) is 4.98 Å². The summed E-state index contributed by atoms with van der Waals surface area (Å²) in [5, 5.41) is 0. The molecule has 2 nitrogen and oxygen atoms in total. The highest BCUT2D eigenvalue weighted by Crippen LogP contribution is 2.39. The molecule has 0 saturated carbocycles. The molecule has 0 bridgehead atoms. The summed E-state index contributed by atoms with van der Waals surface area (Å²) in [6.45, 7) is 1.28. The summed E-state index contributed by atoms with van der Waals surface area (Å²) in [6.07, 6.45) is -9.80. The molecule has 0 aliphatic rings. The zero-order valence-corrected chi connectivity index (χ0v) is 8.58. The van der Waals surface area contributed by atoms with E-state index in [4.69, 9.17) is 5.73 Å². The standard InChI is InChI=1S/C9H8F6N2/c1-2-4-6(16)5(8(10,11)12)3-17-7(4)9(13,14)15/h3H,2H2,1H3,(H2,16,17). The topological polar surface area (TPSA) is 38.9 Å². The van der Waals surface area contributed by atoms with Gasteiger partial charge in [-0.2, -0.15) is 26.3 Å². The van der Waals surface area contributed by atoms with Crippen molar-refractivity contribution in [2.75, 3.05) is 5.73 Å². The van der Waals surface area contributed by atoms with Crippen molar-refractivity contribution in [3.63, 3.8) is 0 Å². The van der Waals surface area contributed by atoms with Gasteiger partial charge in [0.05, 0.1) is 11.3 Å². The molecule has 0 aromatic carbocycles. The molecular formula is C9H8F6N2. The van der Waals surface area contributed by atoms with E-state index in [1.54, 1.807) is 0 Å². The molecule has 1 aromatic heterocycles. The molecule has 96 valence electrons. The molecule has 0 aliphatic carbocycles. The maximum Gasteiger partial charge on any atom is 0.433 e. The van der Waals surface area contributed by atoms with Gasteiger partial charge in [0.25, 0.3) is 0 Å². The molecule has 1 rings (SSSR count). The average Bonchev–Trinajstić information content (AvgIpc) is 2.13. The number of nitrogen functional groups attached to an aromatic ring is 1. The van der Waals surface area contributed by atoms with E-state index in [9.17, 15) is 26.3 Å². The summed E-state index contributed by atoms with van der Waals surface area (Å²) < 4.78 is 74.5. The van der Waals surface area contributed by atoms with Crippen LogP contribution in [0.2, 0.25) is 0 Å². The van der Waals surface area contributed by atoms with Crippen LogP contribution in [0.5, 0.6) is 0 Å². The minimum Gasteiger partial charge on any atom is -0.398 e. The molecule has 2 N–H and O–H groups in total. The largest absolute Gasteiger partial charge is 0.433 e. The summed E-state index contributed by atoms with van der Waals surface area (Å²) in [6, 6.07) is 0. The molecule has 1 heterocycles. The third kappa shape index (κ3) is 2.62. The van der Waals surface area contributed by atoms with Crippen LogP contribution in [0.3, 0.4) is 0 Å². The Kier molecular flexibility index (Phi) is 3.26. The molecule has 0 aliphatic heterocycles. The zero-order valence-electron chi connectivity index (χ0n) is 8.58. The number of hydrogen-bond donors (Lipinski definition) is 1. The first-order valence-corrected chi connectivity index (χ1v) is 4.50. The number of alkyl halides is 6. The monoisotopic (exact) mass is 258 g/mol. The normalized spacial score (nSPS) is 12.9. The average molecular weight is 258 g/mol. The zero-order chi connectivity index (χ0) is 13.4. The fraction of sp³-hybridized carbons (Fsp3) is 0.444. The van der Waals surface area contributed by atoms with Crippen molar-refractivity contribution in [2.24, 2.45) is 0 Å². The Morgan fingerprint density at radius 1 is 1.12 bits per heavy atom. The highest BCUT2D eigenvalue weighted by molar-refractivity contribution is 5.56. The lowest BCUT2D eigenvalue weighted by atomic mass is 10.0. The lowest BCUT2D eigenvalue weighted by Gasteiger charge is -2.17. The van der Waals surface area contributed by atoms with Crippen LogP contribution in [0.25, 0.3) is 0 Å². The van der Waals surface area contributed by atoms with E-state index in [1.165, 1.54) is 6.92 Å². The Balaban J connectivity index is 3.49. The number of anilines is 1. The van der Waals surface area contributed by atoms with Gasteiger partial charge in [0, 0.05) is 11.8 Å². The van der Waals surface area contributed by atoms with Crippen LogP contribution in [0.15, 0.2) is 6.20 Å². The molecule has 8 heteroatoms. The second-order valence-electron chi connectivity index (χ2n) is 3.26. The first kappa shape index (κ1) is 13.6. The molecule has 0 radical (unpaired) electrons. The van der Waals surface area contributed by atoms with Crippen molar-refractivity contribution in [2.45, 2.75) is 25.7 Å². The summed E-state index contributed by atoms with van der Waals surface area (Å²) in [5.74, 6) is 0. The highest BCUT2D eigenvalue weighted by Gasteiger charge is 2.40. The first-order chi connectivity index (χ1) is 7.59. The van der Waals surface area contributed by atoms with E-state index < -0.39 is 34.9 Å². The van der Waals surface area contributed by atoms with Crippen molar-refractivity contribution in [1.29, 1.82) is 0 Å². The molecule has 17 heavy (non-hydrogen) atoms. The van der Waals surface area contributed by atoms with Gasteiger partial charge < -0.3 is 5.73 Å². The van der Waals surface area contributed by atoms with E-state index in [0.29, 0.717) is 0 Å². The number of pyridine rings is 1. The lowest BCUT2D eigenvalue weighted by Crippen LogP contribution is -2.18. The number of aromatic nitrogens is 1. The fourth-order valence-corrected chi connectivity index (χ4v) is 1.39. The fourth-order valence-electron chi connectivity index (χ4n) is 1.39. The molecule has 0 saturated heterocycles. The number of hydrogen-bond acceptors (Lipinski definition) is 2. The predicted molar refractivity (Wildman–Crippen MR) is 48.0 cm³/mol. The van der Waals surface area contributed by atoms with Crippen molar-refractivity contribution in [3.8, 4) is 0 Å². The predicted octanol–water partition coefficient (Wildman–Crippen LogP) is 3.26. The van der Waals surface area contributed by atoms with Crippen molar-refractivity contribution < 1.29 is 26.3 Å². The van der Waals surface area contributed by atoms with Crippen LogP contribution < -0.4 is 5.73 Å². The number of halogens is 6. The van der Waals surface area contributed by atoms with Crippen molar-refractivity contribution in [3.05, 3.63) is 23.0 Å². The molecule has 1 aromatic rings. The maximum atomic E-state index is 12.4. The van der Waals surface area contributed by atoms with Crippen molar-refractivity contribution >= 4 is 5.69 Å². The molecule has 0 atom stereocenters. The summed E-state index contributed by atoms with van der Waals surface area (Å²) in [4.78, 5) is 2.82. The number of rotatable bonds is 1. The smallest absolute Gasteiger partial charge is 0.398 e. The molecule has 0 amide bonds. The SMILES string of the molecule is CCc1c(C(F)(F)F)ncc(C(F)(F)F)c1N. The van der Waals surface area contributed by atoms with Gasteiger partial charge in [-0.05, 0) is 6.42 Å². The minimum atomic E-state index is -4.82. The van der Waals surface area contributed by atoms with Crippen LogP contribution in [0.4, 0.5) is 32.0 Å². The van der Waals surface area contributed by atoms with E-state index in [-0.39, 0.29) is 12.6 Å². The van der Waals surface area contributed by atoms with Gasteiger partial charge in [-0.3, -0.25) is 4.98 Å². The first-order valence-electron chi connectivity index (χ1n) is 4.50. The van der Waals surface area contributed by atoms with Gasteiger partial charge in [-0.1, -0.05) is 6.92 Å². The third-order valence-corrected chi connectivity index (χ3v) is 2.15. The summed E-state index contributed by atoms with van der Waals surface area (Å²) in [5.41, 5.74) is 0.856. The number of nitrogens with two attached hydrogens (primary N) is 1. The Hall–Kier alpha value is -1.47. The lowest BCUT2D eigenvalue weighted by molar-refractivity contribution is -0.144. The van der Waals surface area contributed by atoms with Crippen LogP contribution in [-0.4, -0.2) is 4.98 Å². The molecule has 0 fully saturated rings. The van der Waals surface area contributed by atoms with Gasteiger partial charge >= 0.3 is 12.4 Å². The second kappa shape index (κ2) is 4.08. The quantitative estimate of drug-likeness (QED) is 0.785. The molecule has 0 spiro atoms. The van der Waals surface area contributed by atoms with E-state index >= 15 is 0 Å². The van der Waals surface area contributed by atoms with Gasteiger partial charge in [0.2, 0.25) is 0 Å². The van der Waals surface area contributed by atoms with E-state index in [0.717, 1.165) is 0 Å². The van der Waals surface area contributed by atoms with Crippen LogP contribution >= 0.6 is 0 Å². The highest BCUT2D eigenvalue weighted by atomic mass is 19.4. The maximum absolute atomic E-state index is 12.4. The Bertz CT molecular complexity index is 421. The summed E-state index contributed by atoms with van der Waals surface area (Å²) in [7, 11) is 0. The van der Waals surface area contributed by atoms with E-state index in [1.807, 2.05) is 0 Å². The molecular weight excluding hydrogens is 250 g/mol. The van der Waals surface area contributed by atoms with Gasteiger partial charge in [0.15, 0.2) is 0 Å². The van der Waals surface area contributed by atoms with Crippen molar-refractivity contribution in [1.82, 2.24) is 4.98 Å². The second-order valence-corrected chi connectivity index (χ2v) is 3.26. The Morgan fingerprint density at radius 3 is 2.00 bits per heavy atom. The summed E-state index contributed by atoms with van der Waals surface area (Å²) >= 11 is 0.